The molecule has 4 unspecified atom stereocenters. The van der Waals surface area contributed by atoms with Crippen molar-refractivity contribution in [2.75, 3.05) is 9.80 Å². The first-order valence-electron chi connectivity index (χ1n) is 17.8. The number of para-hydroxylation sites is 1. The summed E-state index contributed by atoms with van der Waals surface area (Å²) >= 11 is 0. The maximum atomic E-state index is 4.42. The second-order valence-electron chi connectivity index (χ2n) is 13.0. The van der Waals surface area contributed by atoms with Crippen LogP contribution in [-0.4, -0.2) is 23.4 Å². The molecule has 0 radical (unpaired) electrons. The molecular weight excluding hydrogens is 597 g/mol. The average molecular weight is 647 g/mol. The molecule has 0 spiro atoms. The van der Waals surface area contributed by atoms with Crippen LogP contribution in [0.4, 0.5) is 11.4 Å². The monoisotopic (exact) mass is 646 g/mol. The van der Waals surface area contributed by atoms with Crippen LogP contribution in [0.1, 0.15) is 75.9 Å². The van der Waals surface area contributed by atoms with Crippen LogP contribution in [0.3, 0.4) is 0 Å². The molecule has 0 N–H and O–H groups in total. The Morgan fingerprint density at radius 3 is 2.35 bits per heavy atom. The number of aromatic nitrogens is 1. The number of nitrogens with zero attached hydrogens (tertiary/aromatic N) is 4. The fourth-order valence-electron chi connectivity index (χ4n) is 7.75. The zero-order valence-electron chi connectivity index (χ0n) is 29.8. The third-order valence-electron chi connectivity index (χ3n) is 9.75. The number of benzene rings is 2. The van der Waals surface area contributed by atoms with Gasteiger partial charge in [-0.05, 0) is 81.0 Å². The van der Waals surface area contributed by atoms with Gasteiger partial charge < -0.3 is 14.4 Å². The van der Waals surface area contributed by atoms with Crippen molar-refractivity contribution >= 4 is 30.2 Å². The van der Waals surface area contributed by atoms with E-state index in [0.717, 1.165) is 29.8 Å². The minimum Gasteiger partial charge on any atom is -0.334 e. The van der Waals surface area contributed by atoms with Crippen molar-refractivity contribution in [2.45, 2.75) is 72.0 Å². The van der Waals surface area contributed by atoms with Gasteiger partial charge in [-0.3, -0.25) is 4.99 Å². The molecule has 4 atom stereocenters. The van der Waals surface area contributed by atoms with Gasteiger partial charge in [0.15, 0.2) is 0 Å². The molecule has 1 aromatic heterocycles. The van der Waals surface area contributed by atoms with E-state index >= 15 is 0 Å². The topological polar surface area (TPSA) is 23.8 Å². The first kappa shape index (κ1) is 33.8. The number of hydrogen-bond donors (Lipinski definition) is 0. The number of allylic oxidation sites excluding steroid dienone is 8. The minimum absolute atomic E-state index is 0.0477. The summed E-state index contributed by atoms with van der Waals surface area (Å²) in [4.78, 5) is 9.25. The molecule has 2 aromatic carbocycles. The molecule has 4 nitrogen and oxygen atoms in total. The maximum Gasteiger partial charge on any atom is 0.0719 e. The van der Waals surface area contributed by atoms with E-state index in [-0.39, 0.29) is 23.9 Å². The number of aliphatic imine (C=N–C) groups is 1. The van der Waals surface area contributed by atoms with Gasteiger partial charge in [0.1, 0.15) is 0 Å². The molecule has 250 valence electrons. The lowest BCUT2D eigenvalue weighted by molar-refractivity contribution is 0.694. The highest BCUT2D eigenvalue weighted by Gasteiger charge is 2.42. The van der Waals surface area contributed by atoms with E-state index in [2.05, 4.69) is 195 Å². The molecule has 1 fully saturated rings. The fourth-order valence-corrected chi connectivity index (χ4v) is 7.75. The summed E-state index contributed by atoms with van der Waals surface area (Å²) in [6, 6.07) is 19.9. The van der Waals surface area contributed by atoms with Gasteiger partial charge in [-0.25, -0.2) is 0 Å². The van der Waals surface area contributed by atoms with E-state index in [4.69, 9.17) is 0 Å². The van der Waals surface area contributed by atoms with Gasteiger partial charge in [0.05, 0.1) is 35.7 Å². The molecule has 49 heavy (non-hydrogen) atoms. The van der Waals surface area contributed by atoms with Crippen molar-refractivity contribution in [3.05, 3.63) is 161 Å². The fraction of sp³-hybridized carbons (Fsp3) is 0.267. The number of anilines is 2. The van der Waals surface area contributed by atoms with Crippen LogP contribution in [0.2, 0.25) is 0 Å². The second kappa shape index (κ2) is 15.0. The largest absolute Gasteiger partial charge is 0.334 e. The van der Waals surface area contributed by atoms with Gasteiger partial charge in [0.25, 0.3) is 0 Å². The Morgan fingerprint density at radius 2 is 1.67 bits per heavy atom. The summed E-state index contributed by atoms with van der Waals surface area (Å²) in [5, 5.41) is 0. The molecule has 3 aliphatic rings. The van der Waals surface area contributed by atoms with Crippen LogP contribution in [0.5, 0.6) is 0 Å². The first-order chi connectivity index (χ1) is 24.0. The third kappa shape index (κ3) is 6.28. The van der Waals surface area contributed by atoms with E-state index in [0.29, 0.717) is 6.54 Å². The van der Waals surface area contributed by atoms with Crippen molar-refractivity contribution < 1.29 is 0 Å². The summed E-state index contributed by atoms with van der Waals surface area (Å²) in [5.41, 5.74) is 12.1. The van der Waals surface area contributed by atoms with Crippen LogP contribution in [0.25, 0.3) is 17.8 Å². The van der Waals surface area contributed by atoms with Gasteiger partial charge in [0, 0.05) is 40.2 Å². The summed E-state index contributed by atoms with van der Waals surface area (Å²) < 4.78 is 2.47. The Kier molecular flexibility index (Phi) is 10.3. The predicted octanol–water partition coefficient (Wildman–Crippen LogP) is 11.4. The van der Waals surface area contributed by atoms with Crippen molar-refractivity contribution in [3.8, 4) is 5.69 Å². The molecule has 1 aliphatic carbocycles. The molecule has 1 saturated heterocycles. The molecule has 6 rings (SSSR count). The number of fused-ring (bicyclic) bond motifs is 4. The molecule has 4 heteroatoms. The average Bonchev–Trinajstić information content (AvgIpc) is 3.60. The highest BCUT2D eigenvalue weighted by Crippen LogP contribution is 2.49. The predicted molar refractivity (Wildman–Crippen MR) is 213 cm³/mol. The van der Waals surface area contributed by atoms with Gasteiger partial charge in [-0.15, -0.1) is 0 Å². The van der Waals surface area contributed by atoms with Crippen molar-refractivity contribution in [2.24, 2.45) is 10.9 Å². The number of rotatable bonds is 10. The SMILES string of the molecule is C=Cc1c2c(n(-c3ccccc3)c1/C=C\C)C(C)/C=C1\C(=C/C(C)N2C(/C=C\CC)=C/CC)C2C=CC=CC2N1c1ccc(CN=C)cc1. The summed E-state index contributed by atoms with van der Waals surface area (Å²) in [5.74, 6) is 0.287. The van der Waals surface area contributed by atoms with Crippen LogP contribution >= 0.6 is 0 Å². The Balaban J connectivity index is 1.70. The third-order valence-corrected chi connectivity index (χ3v) is 9.75. The normalized spacial score (nSPS) is 24.1. The lowest BCUT2D eigenvalue weighted by atomic mass is 9.89. The zero-order valence-corrected chi connectivity index (χ0v) is 29.8. The maximum absolute atomic E-state index is 4.42. The highest BCUT2D eigenvalue weighted by atomic mass is 15.2. The van der Waals surface area contributed by atoms with Crippen molar-refractivity contribution in [1.82, 2.24) is 4.57 Å². The Hall–Kier alpha value is -5.09. The number of hydrogen-bond acceptors (Lipinski definition) is 3. The van der Waals surface area contributed by atoms with Gasteiger partial charge in [-0.1, -0.05) is 118 Å². The van der Waals surface area contributed by atoms with Crippen LogP contribution < -0.4 is 9.80 Å². The van der Waals surface area contributed by atoms with Gasteiger partial charge >= 0.3 is 0 Å². The van der Waals surface area contributed by atoms with Crippen LogP contribution in [0, 0.1) is 5.92 Å². The van der Waals surface area contributed by atoms with Crippen molar-refractivity contribution in [1.29, 1.82) is 0 Å². The molecule has 0 amide bonds. The van der Waals surface area contributed by atoms with Crippen LogP contribution in [-0.2, 0) is 6.54 Å². The standard InChI is InChI=1S/C45H50N4/c1-8-12-20-35(18-9-2)47-33(6)30-40-39-23-16-17-24-42(39)48(37-27-25-34(26-28-37)31-46-7)43(40)29-32(5)44-45(47)38(11-4)41(19-10-3)49(44)36-21-14-13-15-22-36/h10-30,32-33,39,42H,4,7-9,31H2,1-3,5-6H3/b19-10-,20-12-,35-18+,40-30-,43-29+. The molecule has 0 bridgehead atoms. The van der Waals surface area contributed by atoms with Gasteiger partial charge in [-0.2, -0.15) is 0 Å². The van der Waals surface area contributed by atoms with E-state index in [1.807, 2.05) is 0 Å². The summed E-state index contributed by atoms with van der Waals surface area (Å²) in [7, 11) is 0. The van der Waals surface area contributed by atoms with Gasteiger partial charge in [0.2, 0.25) is 0 Å². The van der Waals surface area contributed by atoms with Crippen molar-refractivity contribution in [3.63, 3.8) is 0 Å². The summed E-state index contributed by atoms with van der Waals surface area (Å²) in [6.45, 7) is 20.0. The molecule has 3 heterocycles. The molecule has 2 aliphatic heterocycles. The zero-order chi connectivity index (χ0) is 34.5. The summed E-state index contributed by atoms with van der Waals surface area (Å²) in [6.07, 6.45) is 29.5. The molecule has 3 aromatic rings. The minimum atomic E-state index is 0.0477. The Labute approximate surface area is 293 Å². The Morgan fingerprint density at radius 1 is 0.918 bits per heavy atom. The van der Waals surface area contributed by atoms with E-state index in [1.54, 1.807) is 0 Å². The second-order valence-corrected chi connectivity index (χ2v) is 13.0. The highest BCUT2D eigenvalue weighted by molar-refractivity contribution is 5.83. The first-order valence-corrected chi connectivity index (χ1v) is 17.8. The van der Waals surface area contributed by atoms with E-state index < -0.39 is 0 Å². The molecule has 0 saturated carbocycles. The smallest absolute Gasteiger partial charge is 0.0719 e. The lowest BCUT2D eigenvalue weighted by Crippen LogP contribution is -2.32. The van der Waals surface area contributed by atoms with Crippen LogP contribution in [0.15, 0.2) is 144 Å². The Bertz CT molecular complexity index is 1890. The quantitative estimate of drug-likeness (QED) is 0.162. The molecular formula is C45H50N4. The van der Waals surface area contributed by atoms with E-state index in [9.17, 15) is 0 Å². The lowest BCUT2D eigenvalue weighted by Gasteiger charge is -2.33. The van der Waals surface area contributed by atoms with E-state index in [1.165, 1.54) is 39.6 Å².